The van der Waals surface area contributed by atoms with Gasteiger partial charge in [0.1, 0.15) is 11.5 Å². The van der Waals surface area contributed by atoms with E-state index in [-0.39, 0.29) is 21.2 Å². The van der Waals surface area contributed by atoms with Gasteiger partial charge in [0.15, 0.2) is 0 Å². The van der Waals surface area contributed by atoms with Crippen molar-refractivity contribution in [1.82, 2.24) is 0 Å². The molecule has 0 aliphatic rings. The number of hydrogen-bond donors (Lipinski definition) is 2. The van der Waals surface area contributed by atoms with Crippen LogP contribution in [0.4, 0.5) is 11.4 Å². The topological polar surface area (TPSA) is 111 Å². The summed E-state index contributed by atoms with van der Waals surface area (Å²) in [5.41, 5.74) is 2.70. The van der Waals surface area contributed by atoms with Crippen LogP contribution in [0.2, 0.25) is 0 Å². The van der Waals surface area contributed by atoms with E-state index in [9.17, 15) is 16.8 Å². The van der Waals surface area contributed by atoms with E-state index in [2.05, 4.69) is 9.44 Å². The molecule has 0 saturated carbocycles. The second-order valence-corrected chi connectivity index (χ2v) is 10.8. The first kappa shape index (κ1) is 24.4. The molecule has 0 aliphatic heterocycles. The summed E-state index contributed by atoms with van der Waals surface area (Å²) in [6, 6.07) is 13.8. The van der Waals surface area contributed by atoms with Gasteiger partial charge in [0.25, 0.3) is 20.0 Å². The Balaban J connectivity index is 1.86. The number of rotatable bonds is 8. The van der Waals surface area contributed by atoms with E-state index < -0.39 is 20.0 Å². The Kier molecular flexibility index (Phi) is 6.89. The number of sulfonamides is 2. The monoisotopic (exact) mass is 490 g/mol. The summed E-state index contributed by atoms with van der Waals surface area (Å²) >= 11 is 0. The summed E-state index contributed by atoms with van der Waals surface area (Å²) in [5, 5.41) is 0. The highest BCUT2D eigenvalue weighted by molar-refractivity contribution is 7.93. The first-order chi connectivity index (χ1) is 15.5. The van der Waals surface area contributed by atoms with E-state index in [1.165, 1.54) is 44.6 Å². The molecule has 8 nitrogen and oxygen atoms in total. The number of benzene rings is 3. The fraction of sp³-hybridized carbons (Fsp3) is 0.217. The maximum absolute atomic E-state index is 12.9. The lowest BCUT2D eigenvalue weighted by Crippen LogP contribution is -2.16. The van der Waals surface area contributed by atoms with Crippen molar-refractivity contribution in [3.8, 4) is 11.5 Å². The zero-order valence-corrected chi connectivity index (χ0v) is 20.6. The van der Waals surface area contributed by atoms with Gasteiger partial charge in [-0.15, -0.1) is 0 Å². The Morgan fingerprint density at radius 2 is 1.30 bits per heavy atom. The van der Waals surface area contributed by atoms with Crippen LogP contribution in [0.15, 0.2) is 64.4 Å². The Bertz CT molecular complexity index is 1360. The Morgan fingerprint density at radius 3 is 1.85 bits per heavy atom. The molecule has 0 spiro atoms. The largest absolute Gasteiger partial charge is 0.497 e. The van der Waals surface area contributed by atoms with Gasteiger partial charge < -0.3 is 9.47 Å². The van der Waals surface area contributed by atoms with Gasteiger partial charge in [-0.05, 0) is 68.3 Å². The van der Waals surface area contributed by atoms with E-state index in [0.717, 1.165) is 5.56 Å². The number of nitrogens with one attached hydrogen (secondary N) is 2. The molecule has 3 rings (SSSR count). The van der Waals surface area contributed by atoms with Gasteiger partial charge in [-0.3, -0.25) is 9.44 Å². The molecule has 0 unspecified atom stereocenters. The normalized spacial score (nSPS) is 11.7. The number of methoxy groups -OCH3 is 2. The molecule has 2 N–H and O–H groups in total. The highest BCUT2D eigenvalue weighted by atomic mass is 32.2. The fourth-order valence-corrected chi connectivity index (χ4v) is 6.17. The van der Waals surface area contributed by atoms with Crippen LogP contribution in [0.25, 0.3) is 0 Å². The minimum atomic E-state index is -3.96. The SMILES string of the molecule is COc1ccc(OC)c(NS(=O)(=O)c2ccc(NS(=O)(=O)c3c(C)cc(C)cc3C)cc2)c1. The average molecular weight is 491 g/mol. The third-order valence-electron chi connectivity index (χ3n) is 4.94. The van der Waals surface area contributed by atoms with Crippen molar-refractivity contribution >= 4 is 31.4 Å². The van der Waals surface area contributed by atoms with Gasteiger partial charge in [-0.25, -0.2) is 16.8 Å². The summed E-state index contributed by atoms with van der Waals surface area (Å²) in [5.74, 6) is 0.785. The third kappa shape index (κ3) is 5.40. The second-order valence-electron chi connectivity index (χ2n) is 7.53. The van der Waals surface area contributed by atoms with E-state index in [4.69, 9.17) is 9.47 Å². The van der Waals surface area contributed by atoms with Crippen LogP contribution in [0, 0.1) is 20.8 Å². The minimum absolute atomic E-state index is 0.0435. The van der Waals surface area contributed by atoms with E-state index in [1.807, 2.05) is 6.92 Å². The lowest BCUT2D eigenvalue weighted by Gasteiger charge is -2.15. The smallest absolute Gasteiger partial charge is 0.262 e. The van der Waals surface area contributed by atoms with Crippen molar-refractivity contribution in [2.75, 3.05) is 23.7 Å². The van der Waals surface area contributed by atoms with Crippen LogP contribution < -0.4 is 18.9 Å². The van der Waals surface area contributed by atoms with Crippen molar-refractivity contribution in [3.63, 3.8) is 0 Å². The molecule has 0 fully saturated rings. The van der Waals surface area contributed by atoms with Crippen molar-refractivity contribution < 1.29 is 26.3 Å². The predicted octanol–water partition coefficient (Wildman–Crippen LogP) is 4.23. The van der Waals surface area contributed by atoms with Crippen LogP contribution in [0.1, 0.15) is 16.7 Å². The molecule has 0 atom stereocenters. The van der Waals surface area contributed by atoms with Gasteiger partial charge in [-0.2, -0.15) is 0 Å². The standard InChI is InChI=1S/C23H26N2O6S2/c1-15-12-16(2)23(17(3)13-15)33(28,29)24-18-6-9-20(10-7-18)32(26,27)25-21-14-19(30-4)8-11-22(21)31-5/h6-14,24-25H,1-5H3. The van der Waals surface area contributed by atoms with Crippen molar-refractivity contribution in [3.05, 3.63) is 71.3 Å². The molecule has 0 aromatic heterocycles. The minimum Gasteiger partial charge on any atom is -0.497 e. The van der Waals surface area contributed by atoms with Crippen LogP contribution in [0.3, 0.4) is 0 Å². The molecule has 10 heteroatoms. The Labute approximate surface area is 194 Å². The van der Waals surface area contributed by atoms with Crippen LogP contribution in [-0.2, 0) is 20.0 Å². The van der Waals surface area contributed by atoms with Crippen LogP contribution >= 0.6 is 0 Å². The third-order valence-corrected chi connectivity index (χ3v) is 8.01. The highest BCUT2D eigenvalue weighted by Crippen LogP contribution is 2.31. The molecule has 0 saturated heterocycles. The van der Waals surface area contributed by atoms with E-state index in [0.29, 0.717) is 22.6 Å². The van der Waals surface area contributed by atoms with Gasteiger partial charge in [-0.1, -0.05) is 17.7 Å². The lowest BCUT2D eigenvalue weighted by molar-refractivity contribution is 0.405. The molecule has 3 aromatic rings. The number of ether oxygens (including phenoxy) is 2. The second kappa shape index (κ2) is 9.32. The summed E-state index contributed by atoms with van der Waals surface area (Å²) in [7, 11) is -4.91. The zero-order chi connectivity index (χ0) is 24.4. The van der Waals surface area contributed by atoms with Crippen molar-refractivity contribution in [2.45, 2.75) is 30.6 Å². The molecule has 0 heterocycles. The summed E-state index contributed by atoms with van der Waals surface area (Å²) in [4.78, 5) is 0.162. The molecular weight excluding hydrogens is 464 g/mol. The Hall–Kier alpha value is -3.24. The molecule has 0 amide bonds. The van der Waals surface area contributed by atoms with Crippen LogP contribution in [-0.4, -0.2) is 31.1 Å². The van der Waals surface area contributed by atoms with Gasteiger partial charge in [0.05, 0.1) is 29.7 Å². The van der Waals surface area contributed by atoms with Gasteiger partial charge in [0.2, 0.25) is 0 Å². The number of anilines is 2. The number of aryl methyl sites for hydroxylation is 3. The molecule has 0 aliphatic carbocycles. The molecular formula is C23H26N2O6S2. The maximum atomic E-state index is 12.9. The highest BCUT2D eigenvalue weighted by Gasteiger charge is 2.21. The number of hydrogen-bond acceptors (Lipinski definition) is 6. The first-order valence-electron chi connectivity index (χ1n) is 9.92. The molecule has 33 heavy (non-hydrogen) atoms. The van der Waals surface area contributed by atoms with Crippen molar-refractivity contribution in [2.24, 2.45) is 0 Å². The zero-order valence-electron chi connectivity index (χ0n) is 19.0. The molecule has 0 radical (unpaired) electrons. The lowest BCUT2D eigenvalue weighted by atomic mass is 10.1. The summed E-state index contributed by atoms with van der Waals surface area (Å²) < 4.78 is 66.9. The van der Waals surface area contributed by atoms with Crippen LogP contribution in [0.5, 0.6) is 11.5 Å². The predicted molar refractivity (Wildman–Crippen MR) is 128 cm³/mol. The van der Waals surface area contributed by atoms with Gasteiger partial charge >= 0.3 is 0 Å². The van der Waals surface area contributed by atoms with E-state index in [1.54, 1.807) is 38.1 Å². The average Bonchev–Trinajstić information content (AvgIpc) is 2.72. The van der Waals surface area contributed by atoms with Gasteiger partial charge in [0, 0.05) is 11.8 Å². The molecule has 176 valence electrons. The maximum Gasteiger partial charge on any atom is 0.262 e. The molecule has 3 aromatic carbocycles. The fourth-order valence-electron chi connectivity index (χ4n) is 3.60. The summed E-state index contributed by atoms with van der Waals surface area (Å²) in [6.07, 6.45) is 0. The van der Waals surface area contributed by atoms with Crippen molar-refractivity contribution in [1.29, 1.82) is 0 Å². The summed E-state index contributed by atoms with van der Waals surface area (Å²) in [6.45, 7) is 5.38. The Morgan fingerprint density at radius 1 is 0.697 bits per heavy atom. The first-order valence-corrected chi connectivity index (χ1v) is 12.9. The molecule has 0 bridgehead atoms. The van der Waals surface area contributed by atoms with E-state index >= 15 is 0 Å². The quantitative estimate of drug-likeness (QED) is 0.489.